The summed E-state index contributed by atoms with van der Waals surface area (Å²) in [7, 11) is 0. The Kier molecular flexibility index (Phi) is 3.27. The fraction of sp³-hybridized carbons (Fsp3) is 0.700. The Morgan fingerprint density at radius 2 is 1.86 bits per heavy atom. The summed E-state index contributed by atoms with van der Waals surface area (Å²) in [4.78, 5) is 11.8. The van der Waals surface area contributed by atoms with Crippen molar-refractivity contribution >= 4 is 5.95 Å². The monoisotopic (exact) mass is 192 g/mol. The van der Waals surface area contributed by atoms with Crippen LogP contribution in [0.15, 0.2) is 12.7 Å². The van der Waals surface area contributed by atoms with Crippen LogP contribution in [0.1, 0.15) is 32.1 Å². The molecule has 4 nitrogen and oxygen atoms in total. The number of hydrogen-bond acceptors (Lipinski definition) is 4. The van der Waals surface area contributed by atoms with Crippen LogP contribution in [0.5, 0.6) is 0 Å². The standard InChI is InChI=1S/C10H16N4/c1-2-4-9(5-3-1)6-12-10-13-7-11-8-14-10/h7-9H,1-6H2,(H,11,12,13,14). The Labute approximate surface area is 84.2 Å². The third-order valence-corrected chi connectivity index (χ3v) is 2.77. The largest absolute Gasteiger partial charge is 0.354 e. The summed E-state index contributed by atoms with van der Waals surface area (Å²) < 4.78 is 0. The predicted octanol–water partition coefficient (Wildman–Crippen LogP) is 1.86. The van der Waals surface area contributed by atoms with Crippen molar-refractivity contribution in [3.8, 4) is 0 Å². The van der Waals surface area contributed by atoms with Crippen LogP contribution in [0.25, 0.3) is 0 Å². The van der Waals surface area contributed by atoms with Crippen LogP contribution in [0.3, 0.4) is 0 Å². The molecule has 0 amide bonds. The van der Waals surface area contributed by atoms with Crippen LogP contribution in [0.4, 0.5) is 5.95 Å². The minimum absolute atomic E-state index is 0.700. The van der Waals surface area contributed by atoms with Gasteiger partial charge < -0.3 is 5.32 Å². The third kappa shape index (κ3) is 2.65. The lowest BCUT2D eigenvalue weighted by Gasteiger charge is -2.21. The molecule has 0 unspecified atom stereocenters. The van der Waals surface area contributed by atoms with Crippen LogP contribution in [0.2, 0.25) is 0 Å². The van der Waals surface area contributed by atoms with Crippen molar-refractivity contribution in [3.05, 3.63) is 12.7 Å². The zero-order chi connectivity index (χ0) is 9.64. The van der Waals surface area contributed by atoms with E-state index >= 15 is 0 Å². The molecule has 1 aromatic heterocycles. The quantitative estimate of drug-likeness (QED) is 0.794. The third-order valence-electron chi connectivity index (χ3n) is 2.77. The summed E-state index contributed by atoms with van der Waals surface area (Å²) in [5.41, 5.74) is 0. The topological polar surface area (TPSA) is 50.7 Å². The van der Waals surface area contributed by atoms with E-state index in [0.717, 1.165) is 12.5 Å². The Bertz CT molecular complexity index is 256. The zero-order valence-electron chi connectivity index (χ0n) is 8.32. The molecule has 1 saturated carbocycles. The normalized spacial score (nSPS) is 18.0. The number of anilines is 1. The lowest BCUT2D eigenvalue weighted by Crippen LogP contribution is -2.18. The maximum Gasteiger partial charge on any atom is 0.225 e. The van der Waals surface area contributed by atoms with E-state index < -0.39 is 0 Å². The van der Waals surface area contributed by atoms with Crippen molar-refractivity contribution in [1.82, 2.24) is 15.0 Å². The molecule has 2 rings (SSSR count). The van der Waals surface area contributed by atoms with E-state index in [1.54, 1.807) is 0 Å². The van der Waals surface area contributed by atoms with E-state index in [1.807, 2.05) is 0 Å². The molecular formula is C10H16N4. The first kappa shape index (κ1) is 9.37. The first-order chi connectivity index (χ1) is 6.95. The Morgan fingerprint density at radius 1 is 1.14 bits per heavy atom. The van der Waals surface area contributed by atoms with Gasteiger partial charge in [0.2, 0.25) is 5.95 Å². The minimum atomic E-state index is 0.700. The van der Waals surface area contributed by atoms with Crippen molar-refractivity contribution in [2.45, 2.75) is 32.1 Å². The van der Waals surface area contributed by atoms with Gasteiger partial charge in [-0.2, -0.15) is 0 Å². The Balaban J connectivity index is 1.76. The molecular weight excluding hydrogens is 176 g/mol. The Morgan fingerprint density at radius 3 is 2.57 bits per heavy atom. The molecule has 1 fully saturated rings. The molecule has 1 N–H and O–H groups in total. The Hall–Kier alpha value is -1.19. The molecule has 0 aromatic carbocycles. The number of hydrogen-bond donors (Lipinski definition) is 1. The average molecular weight is 192 g/mol. The predicted molar refractivity (Wildman–Crippen MR) is 54.9 cm³/mol. The lowest BCUT2D eigenvalue weighted by atomic mass is 9.89. The second-order valence-corrected chi connectivity index (χ2v) is 3.85. The van der Waals surface area contributed by atoms with Crippen LogP contribution >= 0.6 is 0 Å². The molecule has 0 atom stereocenters. The number of nitrogens with zero attached hydrogens (tertiary/aromatic N) is 3. The number of rotatable bonds is 3. The number of nitrogens with one attached hydrogen (secondary N) is 1. The second kappa shape index (κ2) is 4.88. The minimum Gasteiger partial charge on any atom is -0.354 e. The molecule has 4 heteroatoms. The van der Waals surface area contributed by atoms with Crippen LogP contribution in [0, 0.1) is 5.92 Å². The van der Waals surface area contributed by atoms with Gasteiger partial charge in [-0.1, -0.05) is 19.3 Å². The smallest absolute Gasteiger partial charge is 0.225 e. The highest BCUT2D eigenvalue weighted by Gasteiger charge is 2.12. The van der Waals surface area contributed by atoms with Gasteiger partial charge in [0.1, 0.15) is 12.7 Å². The summed E-state index contributed by atoms with van der Waals surface area (Å²) >= 11 is 0. The SMILES string of the molecule is c1ncnc(NCC2CCCCC2)n1. The molecule has 1 aromatic rings. The maximum atomic E-state index is 4.03. The van der Waals surface area contributed by atoms with E-state index in [-0.39, 0.29) is 0 Å². The van der Waals surface area contributed by atoms with E-state index in [2.05, 4.69) is 20.3 Å². The highest BCUT2D eigenvalue weighted by Crippen LogP contribution is 2.23. The summed E-state index contributed by atoms with van der Waals surface area (Å²) in [6, 6.07) is 0. The lowest BCUT2D eigenvalue weighted by molar-refractivity contribution is 0.373. The van der Waals surface area contributed by atoms with Crippen LogP contribution < -0.4 is 5.32 Å². The first-order valence-electron chi connectivity index (χ1n) is 5.31. The highest BCUT2D eigenvalue weighted by atomic mass is 15.1. The fourth-order valence-electron chi connectivity index (χ4n) is 1.96. The van der Waals surface area contributed by atoms with Crippen LogP contribution in [-0.2, 0) is 0 Å². The molecule has 1 heterocycles. The van der Waals surface area contributed by atoms with Gasteiger partial charge in [-0.3, -0.25) is 0 Å². The van der Waals surface area contributed by atoms with Crippen LogP contribution in [-0.4, -0.2) is 21.5 Å². The van der Waals surface area contributed by atoms with Crippen molar-refractivity contribution < 1.29 is 0 Å². The molecule has 0 bridgehead atoms. The van der Waals surface area contributed by atoms with Gasteiger partial charge in [-0.05, 0) is 18.8 Å². The molecule has 1 aliphatic carbocycles. The van der Waals surface area contributed by atoms with Crippen molar-refractivity contribution in [2.24, 2.45) is 5.92 Å². The molecule has 0 spiro atoms. The summed E-state index contributed by atoms with van der Waals surface area (Å²) in [5.74, 6) is 1.51. The van der Waals surface area contributed by atoms with Crippen molar-refractivity contribution in [1.29, 1.82) is 0 Å². The molecule has 0 aliphatic heterocycles. The molecule has 0 radical (unpaired) electrons. The zero-order valence-corrected chi connectivity index (χ0v) is 8.32. The van der Waals surface area contributed by atoms with Gasteiger partial charge in [-0.25, -0.2) is 15.0 Å². The molecule has 0 saturated heterocycles. The van der Waals surface area contributed by atoms with E-state index in [9.17, 15) is 0 Å². The van der Waals surface area contributed by atoms with Gasteiger partial charge in [0.15, 0.2) is 0 Å². The van der Waals surface area contributed by atoms with Gasteiger partial charge in [0.05, 0.1) is 0 Å². The summed E-state index contributed by atoms with van der Waals surface area (Å²) in [5, 5.41) is 3.25. The summed E-state index contributed by atoms with van der Waals surface area (Å²) in [6.45, 7) is 1.00. The van der Waals surface area contributed by atoms with E-state index in [4.69, 9.17) is 0 Å². The maximum absolute atomic E-state index is 4.03. The average Bonchev–Trinajstić information content (AvgIpc) is 2.29. The van der Waals surface area contributed by atoms with Gasteiger partial charge >= 0.3 is 0 Å². The van der Waals surface area contributed by atoms with E-state index in [1.165, 1.54) is 44.8 Å². The molecule has 1 aliphatic rings. The van der Waals surface area contributed by atoms with Crippen molar-refractivity contribution in [2.75, 3.05) is 11.9 Å². The highest BCUT2D eigenvalue weighted by molar-refractivity contribution is 5.20. The van der Waals surface area contributed by atoms with E-state index in [0.29, 0.717) is 5.95 Å². The molecule has 14 heavy (non-hydrogen) atoms. The fourth-order valence-corrected chi connectivity index (χ4v) is 1.96. The van der Waals surface area contributed by atoms with Crippen molar-refractivity contribution in [3.63, 3.8) is 0 Å². The number of aromatic nitrogens is 3. The second-order valence-electron chi connectivity index (χ2n) is 3.85. The molecule has 76 valence electrons. The summed E-state index contributed by atoms with van der Waals surface area (Å²) in [6.07, 6.45) is 9.90. The van der Waals surface area contributed by atoms with Gasteiger partial charge in [0.25, 0.3) is 0 Å². The van der Waals surface area contributed by atoms with Gasteiger partial charge in [-0.15, -0.1) is 0 Å². The first-order valence-corrected chi connectivity index (χ1v) is 5.31. The van der Waals surface area contributed by atoms with Gasteiger partial charge in [0, 0.05) is 6.54 Å².